The standard InChI is InChI=1S/C12H21N3/c1-15-9-14-8-11(15)12(13)10-6-4-2-3-5-7-10/h8-10,12H,2-7,13H2,1H3. The smallest absolute Gasteiger partial charge is 0.0946 e. The Balaban J connectivity index is 2.06. The minimum absolute atomic E-state index is 0.176. The minimum Gasteiger partial charge on any atom is -0.336 e. The lowest BCUT2D eigenvalue weighted by atomic mass is 9.90. The molecule has 0 spiro atoms. The van der Waals surface area contributed by atoms with Gasteiger partial charge >= 0.3 is 0 Å². The van der Waals surface area contributed by atoms with Gasteiger partial charge in [0.25, 0.3) is 0 Å². The first-order valence-electron chi connectivity index (χ1n) is 6.01. The molecule has 1 aromatic rings. The lowest BCUT2D eigenvalue weighted by Crippen LogP contribution is -2.23. The molecule has 0 aromatic carbocycles. The molecule has 2 N–H and O–H groups in total. The van der Waals surface area contributed by atoms with Crippen LogP contribution in [0.25, 0.3) is 0 Å². The lowest BCUT2D eigenvalue weighted by Gasteiger charge is -2.22. The highest BCUT2D eigenvalue weighted by atomic mass is 15.0. The molecule has 0 bridgehead atoms. The van der Waals surface area contributed by atoms with E-state index in [0.717, 1.165) is 0 Å². The molecule has 1 aliphatic rings. The van der Waals surface area contributed by atoms with Gasteiger partial charge in [0.15, 0.2) is 0 Å². The van der Waals surface area contributed by atoms with E-state index in [1.165, 1.54) is 44.2 Å². The fraction of sp³-hybridized carbons (Fsp3) is 0.750. The van der Waals surface area contributed by atoms with Gasteiger partial charge in [-0.25, -0.2) is 4.98 Å². The van der Waals surface area contributed by atoms with E-state index >= 15 is 0 Å². The molecule has 84 valence electrons. The molecule has 1 atom stereocenters. The fourth-order valence-corrected chi connectivity index (χ4v) is 2.60. The van der Waals surface area contributed by atoms with Gasteiger partial charge in [0, 0.05) is 19.3 Å². The quantitative estimate of drug-likeness (QED) is 0.757. The highest BCUT2D eigenvalue weighted by Gasteiger charge is 2.22. The maximum Gasteiger partial charge on any atom is 0.0946 e. The van der Waals surface area contributed by atoms with Gasteiger partial charge in [-0.2, -0.15) is 0 Å². The zero-order valence-electron chi connectivity index (χ0n) is 9.52. The maximum atomic E-state index is 6.32. The third-order valence-electron chi connectivity index (χ3n) is 3.60. The van der Waals surface area contributed by atoms with Crippen molar-refractivity contribution in [3.8, 4) is 0 Å². The Bertz CT molecular complexity index is 298. The van der Waals surface area contributed by atoms with Crippen molar-refractivity contribution in [3.63, 3.8) is 0 Å². The van der Waals surface area contributed by atoms with Crippen molar-refractivity contribution in [2.75, 3.05) is 0 Å². The summed E-state index contributed by atoms with van der Waals surface area (Å²) in [6.45, 7) is 0. The average molecular weight is 207 g/mol. The predicted octanol–water partition coefficient (Wildman–Crippen LogP) is 2.39. The SMILES string of the molecule is Cn1cncc1C(N)C1CCCCCC1. The number of nitrogens with zero attached hydrogens (tertiary/aromatic N) is 2. The summed E-state index contributed by atoms with van der Waals surface area (Å²) in [6.07, 6.45) is 11.8. The molecule has 0 saturated heterocycles. The molecule has 1 saturated carbocycles. The van der Waals surface area contributed by atoms with Crippen LogP contribution in [0.4, 0.5) is 0 Å². The normalized spacial score (nSPS) is 21.2. The van der Waals surface area contributed by atoms with E-state index in [0.29, 0.717) is 5.92 Å². The summed E-state index contributed by atoms with van der Waals surface area (Å²) >= 11 is 0. The summed E-state index contributed by atoms with van der Waals surface area (Å²) in [5.41, 5.74) is 7.51. The lowest BCUT2D eigenvalue weighted by molar-refractivity contribution is 0.371. The highest BCUT2D eigenvalue weighted by Crippen LogP contribution is 2.31. The van der Waals surface area contributed by atoms with Gasteiger partial charge in [-0.1, -0.05) is 25.7 Å². The molecular formula is C12H21N3. The molecule has 1 unspecified atom stereocenters. The highest BCUT2D eigenvalue weighted by molar-refractivity contribution is 5.05. The molecule has 0 aliphatic heterocycles. The van der Waals surface area contributed by atoms with Crippen LogP contribution in [-0.2, 0) is 7.05 Å². The largest absolute Gasteiger partial charge is 0.336 e. The monoisotopic (exact) mass is 207 g/mol. The first-order chi connectivity index (χ1) is 7.29. The van der Waals surface area contributed by atoms with Crippen LogP contribution in [-0.4, -0.2) is 9.55 Å². The van der Waals surface area contributed by atoms with Crippen LogP contribution in [0.2, 0.25) is 0 Å². The first kappa shape index (κ1) is 10.7. The summed E-state index contributed by atoms with van der Waals surface area (Å²) < 4.78 is 2.05. The third kappa shape index (κ3) is 2.40. The second kappa shape index (κ2) is 4.79. The van der Waals surface area contributed by atoms with Crippen molar-refractivity contribution < 1.29 is 0 Å². The van der Waals surface area contributed by atoms with Crippen molar-refractivity contribution >= 4 is 0 Å². The van der Waals surface area contributed by atoms with E-state index in [2.05, 4.69) is 9.55 Å². The zero-order valence-corrected chi connectivity index (χ0v) is 9.52. The number of nitrogens with two attached hydrogens (primary N) is 1. The number of aryl methyl sites for hydroxylation is 1. The zero-order chi connectivity index (χ0) is 10.7. The van der Waals surface area contributed by atoms with Crippen molar-refractivity contribution in [1.82, 2.24) is 9.55 Å². The van der Waals surface area contributed by atoms with Crippen molar-refractivity contribution in [2.45, 2.75) is 44.6 Å². The Hall–Kier alpha value is -0.830. The minimum atomic E-state index is 0.176. The van der Waals surface area contributed by atoms with Gasteiger partial charge in [0.2, 0.25) is 0 Å². The van der Waals surface area contributed by atoms with Crippen LogP contribution in [0.15, 0.2) is 12.5 Å². The molecule has 1 fully saturated rings. The molecule has 0 amide bonds. The Kier molecular flexibility index (Phi) is 3.41. The molecule has 1 heterocycles. The topological polar surface area (TPSA) is 43.8 Å². The van der Waals surface area contributed by atoms with Crippen LogP contribution < -0.4 is 5.73 Å². The number of aromatic nitrogens is 2. The van der Waals surface area contributed by atoms with Gasteiger partial charge in [-0.15, -0.1) is 0 Å². The van der Waals surface area contributed by atoms with E-state index in [-0.39, 0.29) is 6.04 Å². The Morgan fingerprint density at radius 2 is 2.00 bits per heavy atom. The summed E-state index contributed by atoms with van der Waals surface area (Å²) in [7, 11) is 2.03. The average Bonchev–Trinajstić information content (AvgIpc) is 2.53. The van der Waals surface area contributed by atoms with E-state index in [1.807, 2.05) is 19.6 Å². The predicted molar refractivity (Wildman–Crippen MR) is 61.3 cm³/mol. The summed E-state index contributed by atoms with van der Waals surface area (Å²) in [4.78, 5) is 4.14. The van der Waals surface area contributed by atoms with Gasteiger partial charge in [-0.3, -0.25) is 0 Å². The van der Waals surface area contributed by atoms with E-state index in [1.54, 1.807) is 0 Å². The van der Waals surface area contributed by atoms with Gasteiger partial charge in [0.05, 0.1) is 12.0 Å². The molecule has 15 heavy (non-hydrogen) atoms. The van der Waals surface area contributed by atoms with Crippen molar-refractivity contribution in [3.05, 3.63) is 18.2 Å². The molecule has 0 radical (unpaired) electrons. The number of rotatable bonds is 2. The first-order valence-corrected chi connectivity index (χ1v) is 6.01. The van der Waals surface area contributed by atoms with E-state index in [4.69, 9.17) is 5.73 Å². The Morgan fingerprint density at radius 3 is 2.53 bits per heavy atom. The summed E-state index contributed by atoms with van der Waals surface area (Å²) in [5, 5.41) is 0. The number of hydrogen-bond donors (Lipinski definition) is 1. The molecule has 1 aromatic heterocycles. The Labute approximate surface area is 91.7 Å². The van der Waals surface area contributed by atoms with Crippen LogP contribution in [0, 0.1) is 5.92 Å². The Morgan fingerprint density at radius 1 is 1.33 bits per heavy atom. The summed E-state index contributed by atoms with van der Waals surface area (Å²) in [5.74, 6) is 0.655. The van der Waals surface area contributed by atoms with Crippen LogP contribution in [0.1, 0.15) is 50.3 Å². The molecule has 2 rings (SSSR count). The fourth-order valence-electron chi connectivity index (χ4n) is 2.60. The molecule has 3 nitrogen and oxygen atoms in total. The molecular weight excluding hydrogens is 186 g/mol. The van der Waals surface area contributed by atoms with Crippen LogP contribution >= 0.6 is 0 Å². The second-order valence-corrected chi connectivity index (χ2v) is 4.71. The molecule has 3 heteroatoms. The number of hydrogen-bond acceptors (Lipinski definition) is 2. The molecule has 1 aliphatic carbocycles. The van der Waals surface area contributed by atoms with E-state index < -0.39 is 0 Å². The second-order valence-electron chi connectivity index (χ2n) is 4.71. The van der Waals surface area contributed by atoms with Crippen LogP contribution in [0.5, 0.6) is 0 Å². The van der Waals surface area contributed by atoms with Crippen LogP contribution in [0.3, 0.4) is 0 Å². The van der Waals surface area contributed by atoms with Gasteiger partial charge < -0.3 is 10.3 Å². The van der Waals surface area contributed by atoms with E-state index in [9.17, 15) is 0 Å². The van der Waals surface area contributed by atoms with Gasteiger partial charge in [0.1, 0.15) is 0 Å². The van der Waals surface area contributed by atoms with Gasteiger partial charge in [-0.05, 0) is 18.8 Å². The maximum absolute atomic E-state index is 6.32. The van der Waals surface area contributed by atoms with Crippen molar-refractivity contribution in [2.24, 2.45) is 18.7 Å². The van der Waals surface area contributed by atoms with Crippen molar-refractivity contribution in [1.29, 1.82) is 0 Å². The third-order valence-corrected chi connectivity index (χ3v) is 3.60. The summed E-state index contributed by atoms with van der Waals surface area (Å²) in [6, 6.07) is 0.176. The number of imidazole rings is 1.